The first-order valence-electron chi connectivity index (χ1n) is 4.23. The lowest BCUT2D eigenvalue weighted by molar-refractivity contribution is -0.143. The maximum Gasteiger partial charge on any atom is 0.306 e. The Labute approximate surface area is 77.2 Å². The summed E-state index contributed by atoms with van der Waals surface area (Å²) < 4.78 is 4.85. The zero-order valence-corrected chi connectivity index (χ0v) is 8.10. The van der Waals surface area contributed by atoms with Crippen LogP contribution in [-0.4, -0.2) is 36.7 Å². The van der Waals surface area contributed by atoms with Crippen LogP contribution in [0.25, 0.3) is 0 Å². The van der Waals surface area contributed by atoms with Crippen molar-refractivity contribution in [3.05, 3.63) is 0 Å². The minimum absolute atomic E-state index is 0.0906. The lowest BCUT2D eigenvalue weighted by atomic mass is 10.3. The average molecular weight is 188 g/mol. The summed E-state index contributed by atoms with van der Waals surface area (Å²) in [5.41, 5.74) is 0. The minimum Gasteiger partial charge on any atom is -0.466 e. The third kappa shape index (κ3) is 3.45. The first-order chi connectivity index (χ1) is 5.83. The third-order valence-electron chi connectivity index (χ3n) is 1.64. The molecular weight excluding hydrogens is 174 g/mol. The molecule has 3 nitrogen and oxygen atoms in total. The third-order valence-corrected chi connectivity index (χ3v) is 2.84. The molecule has 0 aromatic carbocycles. The van der Waals surface area contributed by atoms with E-state index in [1.54, 1.807) is 0 Å². The van der Waals surface area contributed by atoms with E-state index < -0.39 is 0 Å². The molecule has 1 aliphatic rings. The standard InChI is InChI=1S/C8H14NO2S/c1-2-11-8(10)5-7-6-9-3-4-12-7/h7H,2-6H2,1H3. The highest BCUT2D eigenvalue weighted by Gasteiger charge is 2.18. The summed E-state index contributed by atoms with van der Waals surface area (Å²) in [6, 6.07) is 0. The zero-order valence-electron chi connectivity index (χ0n) is 7.28. The molecule has 1 unspecified atom stereocenters. The van der Waals surface area contributed by atoms with Crippen molar-refractivity contribution in [2.75, 3.05) is 25.4 Å². The van der Waals surface area contributed by atoms with Crippen LogP contribution in [0.4, 0.5) is 0 Å². The highest BCUT2D eigenvalue weighted by Crippen LogP contribution is 2.17. The molecule has 1 rings (SSSR count). The quantitative estimate of drug-likeness (QED) is 0.611. The summed E-state index contributed by atoms with van der Waals surface area (Å²) >= 11 is 1.82. The van der Waals surface area contributed by atoms with Crippen molar-refractivity contribution in [2.24, 2.45) is 0 Å². The second kappa shape index (κ2) is 5.43. The summed E-state index contributed by atoms with van der Waals surface area (Å²) in [5, 5.41) is 4.60. The van der Waals surface area contributed by atoms with Gasteiger partial charge in [0.1, 0.15) is 0 Å². The fourth-order valence-electron chi connectivity index (χ4n) is 1.10. The van der Waals surface area contributed by atoms with Gasteiger partial charge in [0, 0.05) is 24.1 Å². The van der Waals surface area contributed by atoms with Crippen molar-refractivity contribution in [1.29, 1.82) is 0 Å². The van der Waals surface area contributed by atoms with Crippen molar-refractivity contribution in [1.82, 2.24) is 5.32 Å². The van der Waals surface area contributed by atoms with Crippen LogP contribution in [0.3, 0.4) is 0 Å². The smallest absolute Gasteiger partial charge is 0.306 e. The molecule has 0 amide bonds. The molecule has 0 saturated carbocycles. The van der Waals surface area contributed by atoms with Crippen molar-refractivity contribution < 1.29 is 9.53 Å². The van der Waals surface area contributed by atoms with Crippen LogP contribution in [0, 0.1) is 0 Å². The maximum atomic E-state index is 11.0. The Kier molecular flexibility index (Phi) is 4.46. The van der Waals surface area contributed by atoms with Gasteiger partial charge in [0.25, 0.3) is 0 Å². The van der Waals surface area contributed by atoms with Crippen LogP contribution in [0.2, 0.25) is 0 Å². The number of rotatable bonds is 3. The van der Waals surface area contributed by atoms with Gasteiger partial charge in [-0.15, -0.1) is 0 Å². The summed E-state index contributed by atoms with van der Waals surface area (Å²) in [4.78, 5) is 11.0. The summed E-state index contributed by atoms with van der Waals surface area (Å²) in [5.74, 6) is 0.955. The Morgan fingerprint density at radius 1 is 1.75 bits per heavy atom. The Morgan fingerprint density at radius 2 is 2.58 bits per heavy atom. The molecule has 1 atom stereocenters. The predicted octanol–water partition coefficient (Wildman–Crippen LogP) is 0.659. The molecule has 0 aliphatic carbocycles. The highest BCUT2D eigenvalue weighted by molar-refractivity contribution is 8.00. The predicted molar refractivity (Wildman–Crippen MR) is 49.4 cm³/mol. The van der Waals surface area contributed by atoms with E-state index in [9.17, 15) is 4.79 Å². The van der Waals surface area contributed by atoms with Gasteiger partial charge in [0.05, 0.1) is 13.0 Å². The van der Waals surface area contributed by atoms with E-state index >= 15 is 0 Å². The van der Waals surface area contributed by atoms with E-state index in [-0.39, 0.29) is 5.97 Å². The van der Waals surface area contributed by atoms with Gasteiger partial charge in [-0.3, -0.25) is 4.79 Å². The minimum atomic E-state index is -0.0906. The van der Waals surface area contributed by atoms with Crippen LogP contribution in [-0.2, 0) is 9.53 Å². The maximum absolute atomic E-state index is 11.0. The Morgan fingerprint density at radius 3 is 3.17 bits per heavy atom. The molecule has 0 aromatic heterocycles. The fraction of sp³-hybridized carbons (Fsp3) is 0.875. The molecule has 0 bridgehead atoms. The van der Waals surface area contributed by atoms with Crippen LogP contribution in [0.1, 0.15) is 13.3 Å². The number of thioether (sulfide) groups is 1. The van der Waals surface area contributed by atoms with Crippen LogP contribution in [0.15, 0.2) is 0 Å². The Balaban J connectivity index is 2.15. The number of carbonyl (C=O) groups is 1. The van der Waals surface area contributed by atoms with E-state index in [2.05, 4.69) is 5.32 Å². The number of esters is 1. The summed E-state index contributed by atoms with van der Waals surface area (Å²) in [6.45, 7) is 4.05. The van der Waals surface area contributed by atoms with E-state index in [1.165, 1.54) is 0 Å². The van der Waals surface area contributed by atoms with Gasteiger partial charge in [0.2, 0.25) is 0 Å². The number of carbonyl (C=O) groups excluding carboxylic acids is 1. The monoisotopic (exact) mass is 188 g/mol. The van der Waals surface area contributed by atoms with Crippen molar-refractivity contribution in [3.63, 3.8) is 0 Å². The van der Waals surface area contributed by atoms with Crippen molar-refractivity contribution in [3.8, 4) is 0 Å². The van der Waals surface area contributed by atoms with Gasteiger partial charge in [-0.05, 0) is 6.92 Å². The molecule has 1 aliphatic heterocycles. The van der Waals surface area contributed by atoms with Gasteiger partial charge in [-0.2, -0.15) is 11.8 Å². The number of nitrogens with zero attached hydrogens (tertiary/aromatic N) is 1. The summed E-state index contributed by atoms with van der Waals surface area (Å²) in [7, 11) is 0. The second-order valence-electron chi connectivity index (χ2n) is 2.63. The number of hydrogen-bond donors (Lipinski definition) is 0. The van der Waals surface area contributed by atoms with Gasteiger partial charge >= 0.3 is 5.97 Å². The molecule has 0 spiro atoms. The molecule has 1 saturated heterocycles. The second-order valence-corrected chi connectivity index (χ2v) is 4.04. The molecule has 4 heteroatoms. The molecular formula is C8H14NO2S. The van der Waals surface area contributed by atoms with Crippen LogP contribution < -0.4 is 5.32 Å². The molecule has 12 heavy (non-hydrogen) atoms. The molecule has 0 N–H and O–H groups in total. The largest absolute Gasteiger partial charge is 0.466 e. The molecule has 0 aromatic rings. The van der Waals surface area contributed by atoms with Crippen molar-refractivity contribution >= 4 is 17.7 Å². The van der Waals surface area contributed by atoms with E-state index in [0.29, 0.717) is 18.3 Å². The van der Waals surface area contributed by atoms with Gasteiger partial charge in [0.15, 0.2) is 0 Å². The Hall–Kier alpha value is -0.220. The van der Waals surface area contributed by atoms with Crippen LogP contribution in [0.5, 0.6) is 0 Å². The average Bonchev–Trinajstić information content (AvgIpc) is 2.06. The normalized spacial score (nSPS) is 23.6. The SMILES string of the molecule is CCOC(=O)CC1C[N]CCS1. The Bertz CT molecular complexity index is 146. The topological polar surface area (TPSA) is 40.4 Å². The van der Waals surface area contributed by atoms with Gasteiger partial charge in [-0.25, -0.2) is 5.32 Å². The van der Waals surface area contributed by atoms with Crippen LogP contribution >= 0.6 is 11.8 Å². The van der Waals surface area contributed by atoms with Crippen molar-refractivity contribution in [2.45, 2.75) is 18.6 Å². The molecule has 1 fully saturated rings. The first kappa shape index (κ1) is 9.86. The van der Waals surface area contributed by atoms with E-state index in [0.717, 1.165) is 18.8 Å². The highest BCUT2D eigenvalue weighted by atomic mass is 32.2. The molecule has 1 radical (unpaired) electrons. The van der Waals surface area contributed by atoms with Gasteiger partial charge < -0.3 is 4.74 Å². The van der Waals surface area contributed by atoms with E-state index in [1.807, 2.05) is 18.7 Å². The lowest BCUT2D eigenvalue weighted by Crippen LogP contribution is -2.29. The number of hydrogen-bond acceptors (Lipinski definition) is 3. The summed E-state index contributed by atoms with van der Waals surface area (Å²) in [6.07, 6.45) is 0.516. The molecule has 69 valence electrons. The fourth-order valence-corrected chi connectivity index (χ4v) is 2.13. The zero-order chi connectivity index (χ0) is 8.81. The lowest BCUT2D eigenvalue weighted by Gasteiger charge is -2.19. The van der Waals surface area contributed by atoms with Gasteiger partial charge in [-0.1, -0.05) is 0 Å². The molecule has 1 heterocycles. The van der Waals surface area contributed by atoms with E-state index in [4.69, 9.17) is 4.74 Å². The number of ether oxygens (including phenoxy) is 1. The first-order valence-corrected chi connectivity index (χ1v) is 5.28.